The van der Waals surface area contributed by atoms with Gasteiger partial charge in [-0.2, -0.15) is 0 Å². The SMILES string of the molecule is Cc1ccc(F)c(Oc2ccc(N)c(N(C)C(=O)O)c2)c1. The van der Waals surface area contributed by atoms with Gasteiger partial charge in [0.15, 0.2) is 11.6 Å². The first-order valence-electron chi connectivity index (χ1n) is 6.18. The molecular weight excluding hydrogens is 275 g/mol. The highest BCUT2D eigenvalue weighted by Gasteiger charge is 2.14. The van der Waals surface area contributed by atoms with Gasteiger partial charge in [-0.25, -0.2) is 9.18 Å². The van der Waals surface area contributed by atoms with Crippen molar-refractivity contribution in [1.82, 2.24) is 0 Å². The van der Waals surface area contributed by atoms with Gasteiger partial charge < -0.3 is 15.6 Å². The van der Waals surface area contributed by atoms with Gasteiger partial charge in [0.05, 0.1) is 11.4 Å². The molecule has 0 aliphatic carbocycles. The number of anilines is 2. The van der Waals surface area contributed by atoms with Crippen LogP contribution >= 0.6 is 0 Å². The van der Waals surface area contributed by atoms with E-state index in [9.17, 15) is 9.18 Å². The number of carbonyl (C=O) groups is 1. The number of halogens is 1. The molecule has 3 N–H and O–H groups in total. The lowest BCUT2D eigenvalue weighted by Gasteiger charge is -2.17. The van der Waals surface area contributed by atoms with Gasteiger partial charge in [-0.3, -0.25) is 4.90 Å². The molecule has 110 valence electrons. The number of rotatable bonds is 3. The molecule has 0 saturated heterocycles. The number of nitrogen functional groups attached to an aromatic ring is 1. The summed E-state index contributed by atoms with van der Waals surface area (Å²) in [5.41, 5.74) is 7.15. The van der Waals surface area contributed by atoms with Crippen molar-refractivity contribution in [3.8, 4) is 11.5 Å². The topological polar surface area (TPSA) is 75.8 Å². The zero-order valence-corrected chi connectivity index (χ0v) is 11.6. The predicted molar refractivity (Wildman–Crippen MR) is 78.5 cm³/mol. The molecule has 0 heterocycles. The first-order chi connectivity index (χ1) is 9.88. The summed E-state index contributed by atoms with van der Waals surface area (Å²) in [6, 6.07) is 9.02. The van der Waals surface area contributed by atoms with Crippen molar-refractivity contribution in [2.75, 3.05) is 17.7 Å². The van der Waals surface area contributed by atoms with E-state index in [4.69, 9.17) is 15.6 Å². The Morgan fingerprint density at radius 1 is 1.29 bits per heavy atom. The zero-order chi connectivity index (χ0) is 15.6. The first-order valence-corrected chi connectivity index (χ1v) is 6.18. The summed E-state index contributed by atoms with van der Waals surface area (Å²) in [6.07, 6.45) is -1.15. The van der Waals surface area contributed by atoms with E-state index in [0.29, 0.717) is 5.75 Å². The van der Waals surface area contributed by atoms with Gasteiger partial charge in [0, 0.05) is 13.1 Å². The van der Waals surface area contributed by atoms with Crippen LogP contribution in [0.15, 0.2) is 36.4 Å². The van der Waals surface area contributed by atoms with E-state index in [0.717, 1.165) is 10.5 Å². The van der Waals surface area contributed by atoms with Crippen LogP contribution in [0.3, 0.4) is 0 Å². The maximum absolute atomic E-state index is 13.7. The van der Waals surface area contributed by atoms with Crippen LogP contribution in [0.1, 0.15) is 5.56 Å². The Bertz CT molecular complexity index is 689. The van der Waals surface area contributed by atoms with Crippen LogP contribution in [0.25, 0.3) is 0 Å². The Morgan fingerprint density at radius 3 is 2.67 bits per heavy atom. The smallest absolute Gasteiger partial charge is 0.411 e. The van der Waals surface area contributed by atoms with Crippen molar-refractivity contribution in [3.05, 3.63) is 47.8 Å². The Balaban J connectivity index is 2.35. The number of hydrogen-bond donors (Lipinski definition) is 2. The van der Waals surface area contributed by atoms with Gasteiger partial charge in [0.25, 0.3) is 0 Å². The van der Waals surface area contributed by atoms with Gasteiger partial charge in [-0.05, 0) is 36.8 Å². The van der Waals surface area contributed by atoms with E-state index in [-0.39, 0.29) is 17.1 Å². The lowest BCUT2D eigenvalue weighted by molar-refractivity contribution is 0.203. The Hall–Kier alpha value is -2.76. The molecule has 0 spiro atoms. The third-order valence-electron chi connectivity index (χ3n) is 2.96. The van der Waals surface area contributed by atoms with Crippen molar-refractivity contribution in [2.45, 2.75) is 6.92 Å². The molecule has 0 atom stereocenters. The zero-order valence-electron chi connectivity index (χ0n) is 11.6. The molecule has 2 rings (SSSR count). The summed E-state index contributed by atoms with van der Waals surface area (Å²) < 4.78 is 19.1. The van der Waals surface area contributed by atoms with Crippen LogP contribution in [0.5, 0.6) is 11.5 Å². The quantitative estimate of drug-likeness (QED) is 0.846. The average Bonchev–Trinajstić information content (AvgIpc) is 2.44. The molecule has 5 nitrogen and oxygen atoms in total. The monoisotopic (exact) mass is 290 g/mol. The molecule has 21 heavy (non-hydrogen) atoms. The molecule has 0 bridgehead atoms. The second-order valence-electron chi connectivity index (χ2n) is 4.60. The predicted octanol–water partition coefficient (Wildman–Crippen LogP) is 3.62. The van der Waals surface area contributed by atoms with Gasteiger partial charge in [0.2, 0.25) is 0 Å². The summed E-state index contributed by atoms with van der Waals surface area (Å²) in [4.78, 5) is 12.0. The fraction of sp³-hybridized carbons (Fsp3) is 0.133. The minimum absolute atomic E-state index is 0.0729. The summed E-state index contributed by atoms with van der Waals surface area (Å²) in [7, 11) is 1.37. The summed E-state index contributed by atoms with van der Waals surface area (Å²) >= 11 is 0. The Kier molecular flexibility index (Phi) is 3.98. The minimum atomic E-state index is -1.15. The Labute approximate surface area is 121 Å². The number of ether oxygens (including phenoxy) is 1. The fourth-order valence-corrected chi connectivity index (χ4v) is 1.80. The number of carboxylic acid groups (broad SMARTS) is 1. The van der Waals surface area contributed by atoms with E-state index < -0.39 is 11.9 Å². The van der Waals surface area contributed by atoms with E-state index in [1.54, 1.807) is 18.2 Å². The van der Waals surface area contributed by atoms with Gasteiger partial charge in [-0.15, -0.1) is 0 Å². The van der Waals surface area contributed by atoms with Crippen LogP contribution in [0.4, 0.5) is 20.6 Å². The fourth-order valence-electron chi connectivity index (χ4n) is 1.80. The molecule has 0 saturated carbocycles. The second kappa shape index (κ2) is 5.70. The molecule has 2 aromatic rings. The van der Waals surface area contributed by atoms with Gasteiger partial charge in [-0.1, -0.05) is 6.07 Å². The third-order valence-corrected chi connectivity index (χ3v) is 2.96. The van der Waals surface area contributed by atoms with Crippen molar-refractivity contribution >= 4 is 17.5 Å². The molecule has 0 radical (unpaired) electrons. The Morgan fingerprint density at radius 2 is 2.00 bits per heavy atom. The van der Waals surface area contributed by atoms with Crippen molar-refractivity contribution < 1.29 is 19.0 Å². The van der Waals surface area contributed by atoms with Crippen molar-refractivity contribution in [1.29, 1.82) is 0 Å². The van der Waals surface area contributed by atoms with E-state index in [1.165, 1.54) is 25.2 Å². The standard InChI is InChI=1S/C15H15FN2O3/c1-9-3-5-11(16)14(7-9)21-10-4-6-12(17)13(8-10)18(2)15(19)20/h3-8H,17H2,1-2H3,(H,19,20). The molecule has 0 aliphatic heterocycles. The number of hydrogen-bond acceptors (Lipinski definition) is 3. The highest BCUT2D eigenvalue weighted by Crippen LogP contribution is 2.31. The lowest BCUT2D eigenvalue weighted by Crippen LogP contribution is -2.24. The number of benzene rings is 2. The summed E-state index contributed by atoms with van der Waals surface area (Å²) in [5, 5.41) is 8.99. The number of aryl methyl sites for hydroxylation is 1. The minimum Gasteiger partial charge on any atom is -0.465 e. The van der Waals surface area contributed by atoms with E-state index in [1.807, 2.05) is 6.92 Å². The first kappa shape index (κ1) is 14.6. The maximum Gasteiger partial charge on any atom is 0.411 e. The van der Waals surface area contributed by atoms with E-state index >= 15 is 0 Å². The molecule has 2 aromatic carbocycles. The summed E-state index contributed by atoms with van der Waals surface area (Å²) in [6.45, 7) is 1.82. The molecule has 6 heteroatoms. The molecule has 0 aromatic heterocycles. The molecular formula is C15H15FN2O3. The van der Waals surface area contributed by atoms with Crippen LogP contribution in [0, 0.1) is 12.7 Å². The summed E-state index contributed by atoms with van der Waals surface area (Å²) in [5.74, 6) is -0.119. The highest BCUT2D eigenvalue weighted by atomic mass is 19.1. The largest absolute Gasteiger partial charge is 0.465 e. The van der Waals surface area contributed by atoms with Crippen LogP contribution in [-0.4, -0.2) is 18.2 Å². The van der Waals surface area contributed by atoms with Crippen molar-refractivity contribution in [3.63, 3.8) is 0 Å². The van der Waals surface area contributed by atoms with Crippen LogP contribution in [0.2, 0.25) is 0 Å². The molecule has 0 unspecified atom stereocenters. The third kappa shape index (κ3) is 3.22. The number of amides is 1. The molecule has 0 fully saturated rings. The van der Waals surface area contributed by atoms with Crippen LogP contribution in [-0.2, 0) is 0 Å². The highest BCUT2D eigenvalue weighted by molar-refractivity contribution is 5.90. The van der Waals surface area contributed by atoms with Gasteiger partial charge >= 0.3 is 6.09 Å². The van der Waals surface area contributed by atoms with Crippen LogP contribution < -0.4 is 15.4 Å². The van der Waals surface area contributed by atoms with E-state index in [2.05, 4.69) is 0 Å². The number of nitrogens with zero attached hydrogens (tertiary/aromatic N) is 1. The lowest BCUT2D eigenvalue weighted by atomic mass is 10.2. The normalized spacial score (nSPS) is 10.2. The molecule has 1 amide bonds. The number of nitrogens with two attached hydrogens (primary N) is 1. The van der Waals surface area contributed by atoms with Crippen molar-refractivity contribution in [2.24, 2.45) is 0 Å². The second-order valence-corrected chi connectivity index (χ2v) is 4.60. The average molecular weight is 290 g/mol. The molecule has 0 aliphatic rings. The van der Waals surface area contributed by atoms with Gasteiger partial charge in [0.1, 0.15) is 5.75 Å². The maximum atomic E-state index is 13.7.